The van der Waals surface area contributed by atoms with Crippen molar-refractivity contribution in [3.63, 3.8) is 0 Å². The molecule has 7 nitrogen and oxygen atoms in total. The Morgan fingerprint density at radius 1 is 1.07 bits per heavy atom. The topological polar surface area (TPSA) is 77.4 Å². The fourth-order valence-corrected chi connectivity index (χ4v) is 4.79. The Balaban J connectivity index is 1.31. The number of hydrogen-bond acceptors (Lipinski definition) is 4. The molecule has 7 heteroatoms. The van der Waals surface area contributed by atoms with Crippen LogP contribution in [0.1, 0.15) is 56.7 Å². The van der Waals surface area contributed by atoms with Crippen molar-refractivity contribution in [1.82, 2.24) is 9.78 Å². The number of ether oxygens (including phenoxy) is 2. The largest absolute Gasteiger partial charge is 0.353 e. The van der Waals surface area contributed by atoms with Gasteiger partial charge in [0.05, 0.1) is 17.6 Å². The molecule has 1 fully saturated rings. The van der Waals surface area contributed by atoms with Crippen LogP contribution in [0.5, 0.6) is 0 Å². The SMILES string of the molecule is Cc1ccc(C(C)(C)C)cc1-n1nccc1NC(=O)Nc1ccc(C#CCOC2CCCCO2)c2ccccc12. The van der Waals surface area contributed by atoms with Gasteiger partial charge in [0, 0.05) is 23.6 Å². The molecule has 1 unspecified atom stereocenters. The summed E-state index contributed by atoms with van der Waals surface area (Å²) in [5.74, 6) is 6.91. The molecule has 2 N–H and O–H groups in total. The molecule has 206 valence electrons. The summed E-state index contributed by atoms with van der Waals surface area (Å²) in [6.45, 7) is 9.64. The van der Waals surface area contributed by atoms with E-state index in [-0.39, 0.29) is 17.7 Å². The Labute approximate surface area is 235 Å². The molecule has 1 saturated heterocycles. The van der Waals surface area contributed by atoms with Crippen LogP contribution in [0, 0.1) is 18.8 Å². The molecule has 1 atom stereocenters. The van der Waals surface area contributed by atoms with Crippen molar-refractivity contribution in [2.75, 3.05) is 23.8 Å². The predicted octanol–water partition coefficient (Wildman–Crippen LogP) is 7.17. The third kappa shape index (κ3) is 6.36. The molecule has 5 rings (SSSR count). The molecule has 3 aromatic carbocycles. The van der Waals surface area contributed by atoms with Crippen LogP contribution >= 0.6 is 0 Å². The summed E-state index contributed by atoms with van der Waals surface area (Å²) in [5.41, 5.74) is 4.77. The number of fused-ring (bicyclic) bond motifs is 1. The van der Waals surface area contributed by atoms with E-state index in [4.69, 9.17) is 9.47 Å². The van der Waals surface area contributed by atoms with Gasteiger partial charge in [0.25, 0.3) is 0 Å². The second-order valence-electron chi connectivity index (χ2n) is 11.1. The smallest absolute Gasteiger partial charge is 0.324 e. The van der Waals surface area contributed by atoms with Crippen LogP contribution in [0.4, 0.5) is 16.3 Å². The molecule has 4 aromatic rings. The lowest BCUT2D eigenvalue weighted by Gasteiger charge is -2.21. The van der Waals surface area contributed by atoms with Gasteiger partial charge in [-0.25, -0.2) is 9.48 Å². The number of aromatic nitrogens is 2. The van der Waals surface area contributed by atoms with Crippen molar-refractivity contribution in [1.29, 1.82) is 0 Å². The second kappa shape index (κ2) is 12.0. The van der Waals surface area contributed by atoms with Crippen LogP contribution in [-0.2, 0) is 14.9 Å². The standard InChI is InChI=1S/C33H36N4O3/c1-23-14-16-25(33(2,3)4)22-29(23)37-30(18-19-34-37)36-32(38)35-28-17-15-24(26-11-5-6-12-27(26)28)10-9-21-40-31-13-7-8-20-39-31/h5-6,11-12,14-19,22,31H,7-8,13,20-21H2,1-4H3,(H2,35,36,38). The molecule has 2 amide bonds. The predicted molar refractivity (Wildman–Crippen MR) is 160 cm³/mol. The number of aryl methyl sites for hydroxylation is 1. The summed E-state index contributed by atoms with van der Waals surface area (Å²) >= 11 is 0. The molecule has 0 bridgehead atoms. The summed E-state index contributed by atoms with van der Waals surface area (Å²) in [4.78, 5) is 13.1. The molecule has 0 spiro atoms. The van der Waals surface area contributed by atoms with E-state index < -0.39 is 0 Å². The monoisotopic (exact) mass is 536 g/mol. The van der Waals surface area contributed by atoms with Gasteiger partial charge in [-0.2, -0.15) is 5.10 Å². The second-order valence-corrected chi connectivity index (χ2v) is 11.1. The van der Waals surface area contributed by atoms with Gasteiger partial charge in [-0.3, -0.25) is 5.32 Å². The lowest BCUT2D eigenvalue weighted by molar-refractivity contribution is -0.154. The van der Waals surface area contributed by atoms with Crippen LogP contribution in [-0.4, -0.2) is 35.3 Å². The number of amides is 2. The number of carbonyl (C=O) groups excluding carboxylic acids is 1. The minimum atomic E-state index is -0.351. The number of benzene rings is 3. The molecule has 0 radical (unpaired) electrons. The van der Waals surface area contributed by atoms with E-state index in [0.717, 1.165) is 53.5 Å². The Bertz CT molecular complexity index is 1570. The van der Waals surface area contributed by atoms with Gasteiger partial charge in [-0.05, 0) is 66.3 Å². The average Bonchev–Trinajstić information content (AvgIpc) is 3.39. The van der Waals surface area contributed by atoms with Crippen molar-refractivity contribution in [3.8, 4) is 17.5 Å². The maximum Gasteiger partial charge on any atom is 0.324 e. The molecular formula is C33H36N4O3. The number of rotatable bonds is 5. The highest BCUT2D eigenvalue weighted by atomic mass is 16.7. The summed E-state index contributed by atoms with van der Waals surface area (Å²) < 4.78 is 13.1. The van der Waals surface area contributed by atoms with Gasteiger partial charge < -0.3 is 14.8 Å². The first-order valence-corrected chi connectivity index (χ1v) is 13.8. The van der Waals surface area contributed by atoms with Crippen molar-refractivity contribution in [3.05, 3.63) is 83.6 Å². The average molecular weight is 537 g/mol. The van der Waals surface area contributed by atoms with Crippen LogP contribution in [0.15, 0.2) is 66.9 Å². The maximum absolute atomic E-state index is 13.1. The Morgan fingerprint density at radius 2 is 1.90 bits per heavy atom. The quantitative estimate of drug-likeness (QED) is 0.265. The van der Waals surface area contributed by atoms with Crippen molar-refractivity contribution in [2.24, 2.45) is 0 Å². The highest BCUT2D eigenvalue weighted by Gasteiger charge is 2.18. The fraction of sp³-hybridized carbons (Fsp3) is 0.333. The molecule has 1 aromatic heterocycles. The van der Waals surface area contributed by atoms with E-state index >= 15 is 0 Å². The summed E-state index contributed by atoms with van der Waals surface area (Å²) in [5, 5.41) is 12.3. The highest BCUT2D eigenvalue weighted by molar-refractivity contribution is 6.07. The zero-order valence-electron chi connectivity index (χ0n) is 23.6. The number of nitrogens with one attached hydrogen (secondary N) is 2. The Hall–Kier alpha value is -4.12. The fourth-order valence-electron chi connectivity index (χ4n) is 4.79. The summed E-state index contributed by atoms with van der Waals surface area (Å²) in [6, 6.07) is 19.5. The first kappa shape index (κ1) is 27.4. The third-order valence-electron chi connectivity index (χ3n) is 7.06. The molecular weight excluding hydrogens is 500 g/mol. The first-order chi connectivity index (χ1) is 19.3. The number of nitrogens with zero attached hydrogens (tertiary/aromatic N) is 2. The van der Waals surface area contributed by atoms with E-state index in [2.05, 4.69) is 66.5 Å². The number of anilines is 2. The Kier molecular flexibility index (Phi) is 8.20. The lowest BCUT2D eigenvalue weighted by atomic mass is 9.86. The zero-order chi connectivity index (χ0) is 28.1. The third-order valence-corrected chi connectivity index (χ3v) is 7.06. The minimum absolute atomic E-state index is 0.00497. The number of hydrogen-bond donors (Lipinski definition) is 2. The molecule has 40 heavy (non-hydrogen) atoms. The first-order valence-electron chi connectivity index (χ1n) is 13.8. The van der Waals surface area contributed by atoms with Crippen LogP contribution in [0.25, 0.3) is 16.5 Å². The lowest BCUT2D eigenvalue weighted by Crippen LogP contribution is -2.22. The van der Waals surface area contributed by atoms with Gasteiger partial charge in [0.2, 0.25) is 0 Å². The van der Waals surface area contributed by atoms with Crippen LogP contribution in [0.3, 0.4) is 0 Å². The van der Waals surface area contributed by atoms with Gasteiger partial charge in [-0.1, -0.05) is 69.0 Å². The minimum Gasteiger partial charge on any atom is -0.353 e. The number of carbonyl (C=O) groups is 1. The number of urea groups is 1. The van der Waals surface area contributed by atoms with E-state index in [1.54, 1.807) is 16.9 Å². The maximum atomic E-state index is 13.1. The van der Waals surface area contributed by atoms with Crippen molar-refractivity contribution in [2.45, 2.75) is 58.7 Å². The van der Waals surface area contributed by atoms with Crippen LogP contribution < -0.4 is 10.6 Å². The summed E-state index contributed by atoms with van der Waals surface area (Å²) in [6.07, 6.45) is 4.65. The zero-order valence-corrected chi connectivity index (χ0v) is 23.6. The van der Waals surface area contributed by atoms with Crippen molar-refractivity contribution >= 4 is 28.3 Å². The van der Waals surface area contributed by atoms with Gasteiger partial charge in [0.15, 0.2) is 6.29 Å². The molecule has 2 heterocycles. The van der Waals surface area contributed by atoms with Crippen LogP contribution in [0.2, 0.25) is 0 Å². The van der Waals surface area contributed by atoms with E-state index in [1.807, 2.05) is 43.3 Å². The molecule has 0 saturated carbocycles. The van der Waals surface area contributed by atoms with E-state index in [1.165, 1.54) is 5.56 Å². The van der Waals surface area contributed by atoms with Gasteiger partial charge >= 0.3 is 6.03 Å². The normalized spacial score (nSPS) is 15.3. The van der Waals surface area contributed by atoms with Gasteiger partial charge in [0.1, 0.15) is 12.4 Å². The molecule has 1 aliphatic heterocycles. The van der Waals surface area contributed by atoms with Crippen molar-refractivity contribution < 1.29 is 14.3 Å². The molecule has 1 aliphatic rings. The van der Waals surface area contributed by atoms with E-state index in [9.17, 15) is 4.79 Å². The Morgan fingerprint density at radius 3 is 2.67 bits per heavy atom. The highest BCUT2D eigenvalue weighted by Crippen LogP contribution is 2.29. The summed E-state index contributed by atoms with van der Waals surface area (Å²) in [7, 11) is 0. The molecule has 0 aliphatic carbocycles. The van der Waals surface area contributed by atoms with Gasteiger partial charge in [-0.15, -0.1) is 0 Å². The van der Waals surface area contributed by atoms with E-state index in [0.29, 0.717) is 18.1 Å².